The summed E-state index contributed by atoms with van der Waals surface area (Å²) in [6, 6.07) is -1.35. The average Bonchev–Trinajstić information content (AvgIpc) is 2.32. The maximum atomic E-state index is 12.1. The highest BCUT2D eigenvalue weighted by molar-refractivity contribution is 8.00. The number of rotatable bonds is 2. The van der Waals surface area contributed by atoms with E-state index in [0.29, 0.717) is 0 Å². The predicted molar refractivity (Wildman–Crippen MR) is 56.8 cm³/mol. The lowest BCUT2D eigenvalue weighted by atomic mass is 10.1. The number of thioether (sulfide) groups is 1. The van der Waals surface area contributed by atoms with Crippen LogP contribution in [0.15, 0.2) is 11.8 Å². The zero-order valence-corrected chi connectivity index (χ0v) is 9.92. The fourth-order valence-corrected chi connectivity index (χ4v) is 2.96. The number of hydrogen-bond acceptors (Lipinski definition) is 4. The van der Waals surface area contributed by atoms with Crippen LogP contribution in [0.3, 0.4) is 0 Å². The Morgan fingerprint density at radius 1 is 1.47 bits per heavy atom. The first kappa shape index (κ1) is 13.7. The standard InChI is InChI=1S/C9H7F3N2O4S/c10-9(11,12)8(18)13-4-5(15)14-3(7(16)17)1-2-19-6(4)14/h1,4,6H,2H2,(H,13,18)(H,16,17)/t4?,6-/m1/s1. The predicted octanol–water partition coefficient (Wildman–Crippen LogP) is -0.0829. The average molecular weight is 296 g/mol. The van der Waals surface area contributed by atoms with Crippen LogP contribution in [0.4, 0.5) is 13.2 Å². The van der Waals surface area contributed by atoms with E-state index in [2.05, 4.69) is 0 Å². The third-order valence-corrected chi connectivity index (χ3v) is 3.79. The van der Waals surface area contributed by atoms with Gasteiger partial charge in [0, 0.05) is 5.75 Å². The first-order valence-corrected chi connectivity index (χ1v) is 6.04. The Balaban J connectivity index is 2.10. The van der Waals surface area contributed by atoms with Crippen molar-refractivity contribution in [2.24, 2.45) is 0 Å². The van der Waals surface area contributed by atoms with Crippen LogP contribution in [0, 0.1) is 0 Å². The van der Waals surface area contributed by atoms with Crippen molar-refractivity contribution in [3.8, 4) is 0 Å². The van der Waals surface area contributed by atoms with Crippen molar-refractivity contribution in [3.63, 3.8) is 0 Å². The van der Waals surface area contributed by atoms with Gasteiger partial charge in [-0.25, -0.2) is 4.79 Å². The van der Waals surface area contributed by atoms with Crippen molar-refractivity contribution < 1.29 is 32.7 Å². The normalized spacial score (nSPS) is 26.2. The molecule has 19 heavy (non-hydrogen) atoms. The van der Waals surface area contributed by atoms with E-state index >= 15 is 0 Å². The molecule has 0 aromatic carbocycles. The van der Waals surface area contributed by atoms with Crippen molar-refractivity contribution in [2.45, 2.75) is 17.6 Å². The summed E-state index contributed by atoms with van der Waals surface area (Å²) in [5.74, 6) is -4.16. The summed E-state index contributed by atoms with van der Waals surface area (Å²) in [4.78, 5) is 34.1. The molecule has 2 heterocycles. The molecule has 1 fully saturated rings. The molecular weight excluding hydrogens is 289 g/mol. The van der Waals surface area contributed by atoms with Gasteiger partial charge in [-0.15, -0.1) is 11.8 Å². The van der Waals surface area contributed by atoms with Crippen LogP contribution in [-0.2, 0) is 14.4 Å². The second kappa shape index (κ2) is 4.44. The highest BCUT2D eigenvalue weighted by Gasteiger charge is 2.54. The molecule has 2 atom stereocenters. The molecule has 6 nitrogen and oxygen atoms in total. The number of alkyl halides is 3. The van der Waals surface area contributed by atoms with Crippen LogP contribution in [0.5, 0.6) is 0 Å². The van der Waals surface area contributed by atoms with E-state index in [1.54, 1.807) is 5.32 Å². The number of amides is 2. The molecular formula is C9H7F3N2O4S. The minimum Gasteiger partial charge on any atom is -0.477 e. The van der Waals surface area contributed by atoms with Crippen molar-refractivity contribution in [1.82, 2.24) is 10.2 Å². The van der Waals surface area contributed by atoms with Gasteiger partial charge in [0.25, 0.3) is 5.91 Å². The van der Waals surface area contributed by atoms with Gasteiger partial charge in [-0.05, 0) is 6.08 Å². The molecule has 1 saturated heterocycles. The molecule has 0 aliphatic carbocycles. The number of carbonyl (C=O) groups is 3. The molecule has 0 saturated carbocycles. The number of hydrogen-bond donors (Lipinski definition) is 2. The zero-order valence-electron chi connectivity index (χ0n) is 9.10. The van der Waals surface area contributed by atoms with Crippen LogP contribution in [0.1, 0.15) is 0 Å². The van der Waals surface area contributed by atoms with Crippen LogP contribution in [0.2, 0.25) is 0 Å². The summed E-state index contributed by atoms with van der Waals surface area (Å²) in [7, 11) is 0. The minimum absolute atomic E-state index is 0.245. The molecule has 2 amide bonds. The number of halogens is 3. The molecule has 2 rings (SSSR count). The van der Waals surface area contributed by atoms with E-state index < -0.39 is 35.4 Å². The van der Waals surface area contributed by atoms with E-state index in [-0.39, 0.29) is 11.4 Å². The molecule has 0 aromatic rings. The number of carboxylic acid groups (broad SMARTS) is 1. The first-order valence-electron chi connectivity index (χ1n) is 4.99. The lowest BCUT2D eigenvalue weighted by Gasteiger charge is -2.48. The lowest BCUT2D eigenvalue weighted by molar-refractivity contribution is -0.177. The molecule has 2 aliphatic rings. The van der Waals surface area contributed by atoms with Crippen molar-refractivity contribution in [1.29, 1.82) is 0 Å². The van der Waals surface area contributed by atoms with Crippen molar-refractivity contribution in [2.75, 3.05) is 5.75 Å². The lowest BCUT2D eigenvalue weighted by Crippen LogP contribution is -2.71. The van der Waals surface area contributed by atoms with Crippen molar-refractivity contribution >= 4 is 29.5 Å². The third-order valence-electron chi connectivity index (χ3n) is 2.61. The summed E-state index contributed by atoms with van der Waals surface area (Å²) in [5.41, 5.74) is -0.272. The molecule has 2 N–H and O–H groups in total. The third kappa shape index (κ3) is 2.27. The van der Waals surface area contributed by atoms with Gasteiger partial charge in [0.2, 0.25) is 0 Å². The van der Waals surface area contributed by atoms with E-state index in [0.717, 1.165) is 16.7 Å². The summed E-state index contributed by atoms with van der Waals surface area (Å²) in [5, 5.41) is 9.60. The number of carbonyl (C=O) groups excluding carboxylic acids is 2. The molecule has 0 aromatic heterocycles. The maximum Gasteiger partial charge on any atom is 0.471 e. The van der Waals surface area contributed by atoms with Gasteiger partial charge in [-0.3, -0.25) is 14.5 Å². The molecule has 104 valence electrons. The largest absolute Gasteiger partial charge is 0.477 e. The van der Waals surface area contributed by atoms with Crippen LogP contribution in [0.25, 0.3) is 0 Å². The van der Waals surface area contributed by atoms with Gasteiger partial charge in [0.05, 0.1) is 0 Å². The number of β-lactam (4-membered cyclic amide) rings is 1. The summed E-state index contributed by atoms with van der Waals surface area (Å²) < 4.78 is 36.2. The smallest absolute Gasteiger partial charge is 0.471 e. The Morgan fingerprint density at radius 3 is 2.63 bits per heavy atom. The Kier molecular flexibility index (Phi) is 3.20. The number of nitrogens with one attached hydrogen (secondary N) is 1. The van der Waals surface area contributed by atoms with E-state index in [4.69, 9.17) is 5.11 Å². The quantitative estimate of drug-likeness (QED) is 0.696. The minimum atomic E-state index is -5.08. The summed E-state index contributed by atoms with van der Waals surface area (Å²) >= 11 is 1.08. The zero-order chi connectivity index (χ0) is 14.4. The fraction of sp³-hybridized carbons (Fsp3) is 0.444. The highest BCUT2D eigenvalue weighted by Crippen LogP contribution is 2.37. The van der Waals surface area contributed by atoms with Gasteiger partial charge in [-0.2, -0.15) is 13.2 Å². The van der Waals surface area contributed by atoms with Gasteiger partial charge in [0.1, 0.15) is 17.1 Å². The van der Waals surface area contributed by atoms with Crippen molar-refractivity contribution in [3.05, 3.63) is 11.8 Å². The van der Waals surface area contributed by atoms with Gasteiger partial charge in [0.15, 0.2) is 0 Å². The number of aliphatic carboxylic acids is 1. The van der Waals surface area contributed by atoms with E-state index in [9.17, 15) is 27.6 Å². The van der Waals surface area contributed by atoms with Crippen LogP contribution >= 0.6 is 11.8 Å². The molecule has 2 aliphatic heterocycles. The van der Waals surface area contributed by atoms with E-state index in [1.165, 1.54) is 6.08 Å². The Morgan fingerprint density at radius 2 is 2.11 bits per heavy atom. The maximum absolute atomic E-state index is 12.1. The second-order valence-electron chi connectivity index (χ2n) is 3.78. The Hall–Kier alpha value is -1.71. The SMILES string of the molecule is O=C(O)C1=CCS[C@@H]2C(NC(=O)C(F)(F)F)C(=O)N12. The van der Waals surface area contributed by atoms with Gasteiger partial charge < -0.3 is 10.4 Å². The molecule has 0 spiro atoms. The number of fused-ring (bicyclic) bond motifs is 1. The topological polar surface area (TPSA) is 86.7 Å². The van der Waals surface area contributed by atoms with Gasteiger partial charge >= 0.3 is 18.1 Å². The summed E-state index contributed by atoms with van der Waals surface area (Å²) in [6.07, 6.45) is -3.78. The summed E-state index contributed by atoms with van der Waals surface area (Å²) in [6.45, 7) is 0. The first-order chi connectivity index (χ1) is 8.73. The monoisotopic (exact) mass is 296 g/mol. The number of carboxylic acids is 1. The van der Waals surface area contributed by atoms with E-state index in [1.807, 2.05) is 0 Å². The molecule has 10 heteroatoms. The van der Waals surface area contributed by atoms with Gasteiger partial charge in [-0.1, -0.05) is 0 Å². The van der Waals surface area contributed by atoms with Crippen LogP contribution < -0.4 is 5.32 Å². The molecule has 0 radical (unpaired) electrons. The Bertz CT molecular complexity index is 490. The number of nitrogens with zero attached hydrogens (tertiary/aromatic N) is 1. The molecule has 1 unspecified atom stereocenters. The second-order valence-corrected chi connectivity index (χ2v) is 4.93. The molecule has 0 bridgehead atoms. The highest BCUT2D eigenvalue weighted by atomic mass is 32.2. The van der Waals surface area contributed by atoms with Crippen LogP contribution in [-0.4, -0.2) is 51.1 Å². The fourth-order valence-electron chi connectivity index (χ4n) is 1.76. The Labute approximate surface area is 108 Å².